The lowest BCUT2D eigenvalue weighted by Crippen LogP contribution is -2.20. The van der Waals surface area contributed by atoms with Crippen LogP contribution in [0.2, 0.25) is 0 Å². The number of nitrogens with one attached hydrogen (secondary N) is 1. The van der Waals surface area contributed by atoms with Crippen LogP contribution in [0.5, 0.6) is 11.5 Å². The van der Waals surface area contributed by atoms with Crippen LogP contribution in [0.4, 0.5) is 5.69 Å². The molecule has 168 valence electrons. The Balaban J connectivity index is 1.41. The number of nitrogens with zero attached hydrogens (tertiary/aromatic N) is 2. The van der Waals surface area contributed by atoms with Gasteiger partial charge < -0.3 is 14.8 Å². The van der Waals surface area contributed by atoms with E-state index in [2.05, 4.69) is 10.3 Å². The Morgan fingerprint density at radius 1 is 1.06 bits per heavy atom. The summed E-state index contributed by atoms with van der Waals surface area (Å²) in [5.74, 6) is 1.53. The second-order valence-electron chi connectivity index (χ2n) is 7.27. The maximum Gasteiger partial charge on any atom is 0.262 e. The van der Waals surface area contributed by atoms with Gasteiger partial charge in [-0.1, -0.05) is 18.2 Å². The van der Waals surface area contributed by atoms with Crippen molar-refractivity contribution in [3.8, 4) is 11.5 Å². The highest BCUT2D eigenvalue weighted by atomic mass is 32.2. The van der Waals surface area contributed by atoms with Gasteiger partial charge in [0.2, 0.25) is 0 Å². The molecule has 0 aliphatic carbocycles. The van der Waals surface area contributed by atoms with E-state index in [0.29, 0.717) is 28.5 Å². The number of rotatable bonds is 8. The second kappa shape index (κ2) is 10.2. The molecule has 0 unspecified atom stereocenters. The van der Waals surface area contributed by atoms with Gasteiger partial charge in [-0.2, -0.15) is 0 Å². The number of ether oxygens (including phenoxy) is 2. The molecule has 0 radical (unpaired) electrons. The maximum absolute atomic E-state index is 12.4. The first kappa shape index (κ1) is 22.4. The molecular formula is C25H23N3O4S. The van der Waals surface area contributed by atoms with Crippen LogP contribution in [0.3, 0.4) is 0 Å². The van der Waals surface area contributed by atoms with Crippen LogP contribution in [0, 0.1) is 6.92 Å². The number of hydrogen-bond acceptors (Lipinski definition) is 6. The number of methoxy groups -OCH3 is 1. The van der Waals surface area contributed by atoms with Crippen molar-refractivity contribution in [2.24, 2.45) is 0 Å². The summed E-state index contributed by atoms with van der Waals surface area (Å²) in [5, 5.41) is 2.89. The molecule has 0 atom stereocenters. The molecule has 8 heteroatoms. The maximum atomic E-state index is 12.4. The molecule has 0 fully saturated rings. The van der Waals surface area contributed by atoms with Crippen LogP contribution in [-0.4, -0.2) is 29.0 Å². The quantitative estimate of drug-likeness (QED) is 0.394. The lowest BCUT2D eigenvalue weighted by molar-refractivity contribution is -0.118. The van der Waals surface area contributed by atoms with Crippen LogP contribution < -0.4 is 20.3 Å². The third-order valence-corrected chi connectivity index (χ3v) is 6.01. The van der Waals surface area contributed by atoms with Crippen LogP contribution >= 0.6 is 11.8 Å². The third-order valence-electron chi connectivity index (χ3n) is 4.91. The molecule has 33 heavy (non-hydrogen) atoms. The number of para-hydroxylation sites is 1. The average Bonchev–Trinajstić information content (AvgIpc) is 2.83. The monoisotopic (exact) mass is 461 g/mol. The van der Waals surface area contributed by atoms with Crippen molar-refractivity contribution in [2.45, 2.75) is 17.6 Å². The van der Waals surface area contributed by atoms with Crippen molar-refractivity contribution < 1.29 is 14.3 Å². The number of fused-ring (bicyclic) bond motifs is 1. The molecule has 4 aromatic rings. The molecule has 2 aromatic heterocycles. The number of aromatic nitrogens is 2. The van der Waals surface area contributed by atoms with E-state index in [4.69, 9.17) is 9.47 Å². The number of benzene rings is 2. The van der Waals surface area contributed by atoms with Gasteiger partial charge in [0.15, 0.2) is 6.61 Å². The molecule has 0 aliphatic rings. The summed E-state index contributed by atoms with van der Waals surface area (Å²) in [6, 6.07) is 19.9. The Morgan fingerprint density at radius 2 is 1.82 bits per heavy atom. The molecule has 0 spiro atoms. The average molecular weight is 462 g/mol. The van der Waals surface area contributed by atoms with Gasteiger partial charge in [-0.05, 0) is 55.0 Å². The third kappa shape index (κ3) is 5.53. The summed E-state index contributed by atoms with van der Waals surface area (Å²) in [4.78, 5) is 30.4. The SMILES string of the molecule is COc1ccc(OCC(=O)Nc2ccccc2SCc2cc(=O)n3cccc(C)c3n2)cc1. The van der Waals surface area contributed by atoms with Crippen molar-refractivity contribution >= 4 is 29.0 Å². The second-order valence-corrected chi connectivity index (χ2v) is 8.28. The minimum Gasteiger partial charge on any atom is -0.497 e. The zero-order valence-electron chi connectivity index (χ0n) is 18.3. The Kier molecular flexibility index (Phi) is 6.95. The van der Waals surface area contributed by atoms with Crippen LogP contribution in [0.1, 0.15) is 11.3 Å². The predicted octanol–water partition coefficient (Wildman–Crippen LogP) is 4.32. The molecule has 0 aliphatic heterocycles. The standard InChI is InChI=1S/C25H23N3O4S/c1-17-6-5-13-28-24(30)14-18(26-25(17)28)16-33-22-8-4-3-7-21(22)27-23(29)15-32-20-11-9-19(31-2)10-12-20/h3-14H,15-16H2,1-2H3,(H,27,29). The molecule has 1 amide bonds. The van der Waals surface area contributed by atoms with Gasteiger partial charge in [0.1, 0.15) is 17.1 Å². The molecule has 0 saturated carbocycles. The topological polar surface area (TPSA) is 81.9 Å². The highest BCUT2D eigenvalue weighted by Gasteiger charge is 2.10. The van der Waals surface area contributed by atoms with Gasteiger partial charge >= 0.3 is 0 Å². The molecule has 0 saturated heterocycles. The number of amides is 1. The van der Waals surface area contributed by atoms with E-state index in [0.717, 1.165) is 16.2 Å². The molecule has 0 bridgehead atoms. The summed E-state index contributed by atoms with van der Waals surface area (Å²) in [6.45, 7) is 1.81. The molecule has 7 nitrogen and oxygen atoms in total. The van der Waals surface area contributed by atoms with Gasteiger partial charge in [0.25, 0.3) is 11.5 Å². The van der Waals surface area contributed by atoms with Crippen LogP contribution in [0.15, 0.2) is 82.6 Å². The van der Waals surface area contributed by atoms with Gasteiger partial charge in [0.05, 0.1) is 18.5 Å². The summed E-state index contributed by atoms with van der Waals surface area (Å²) in [6.07, 6.45) is 1.72. The largest absolute Gasteiger partial charge is 0.497 e. The number of thioether (sulfide) groups is 1. The highest BCUT2D eigenvalue weighted by Crippen LogP contribution is 2.29. The van der Waals surface area contributed by atoms with Crippen molar-refractivity contribution in [2.75, 3.05) is 19.0 Å². The van der Waals surface area contributed by atoms with Crippen molar-refractivity contribution in [1.82, 2.24) is 9.38 Å². The van der Waals surface area contributed by atoms with Crippen molar-refractivity contribution in [3.05, 3.63) is 94.5 Å². The molecule has 4 rings (SSSR count). The lowest BCUT2D eigenvalue weighted by Gasteiger charge is -2.12. The predicted molar refractivity (Wildman–Crippen MR) is 129 cm³/mol. The lowest BCUT2D eigenvalue weighted by atomic mass is 10.3. The fourth-order valence-electron chi connectivity index (χ4n) is 3.24. The Bertz CT molecular complexity index is 1340. The zero-order chi connectivity index (χ0) is 23.2. The molecular weight excluding hydrogens is 438 g/mol. The smallest absolute Gasteiger partial charge is 0.262 e. The van der Waals surface area contributed by atoms with Gasteiger partial charge in [-0.25, -0.2) is 4.98 Å². The fourth-order valence-corrected chi connectivity index (χ4v) is 4.14. The number of hydrogen-bond donors (Lipinski definition) is 1. The minimum atomic E-state index is -0.267. The number of aryl methyl sites for hydroxylation is 1. The first-order valence-electron chi connectivity index (χ1n) is 10.3. The molecule has 2 heterocycles. The summed E-state index contributed by atoms with van der Waals surface area (Å²) < 4.78 is 12.2. The number of carbonyl (C=O) groups excluding carboxylic acids is 1. The van der Waals surface area contributed by atoms with E-state index >= 15 is 0 Å². The highest BCUT2D eigenvalue weighted by molar-refractivity contribution is 7.98. The van der Waals surface area contributed by atoms with Crippen molar-refractivity contribution in [1.29, 1.82) is 0 Å². The van der Waals surface area contributed by atoms with Crippen molar-refractivity contribution in [3.63, 3.8) is 0 Å². The van der Waals surface area contributed by atoms with Gasteiger partial charge in [-0.15, -0.1) is 11.8 Å². The summed E-state index contributed by atoms with van der Waals surface area (Å²) in [5.41, 5.74) is 2.84. The number of pyridine rings is 1. The van der Waals surface area contributed by atoms with E-state index < -0.39 is 0 Å². The van der Waals surface area contributed by atoms with E-state index in [1.54, 1.807) is 48.0 Å². The van der Waals surface area contributed by atoms with E-state index in [1.807, 2.05) is 43.3 Å². The normalized spacial score (nSPS) is 10.7. The number of anilines is 1. The molecule has 1 N–H and O–H groups in total. The zero-order valence-corrected chi connectivity index (χ0v) is 19.1. The van der Waals surface area contributed by atoms with Crippen LogP contribution in [-0.2, 0) is 10.5 Å². The van der Waals surface area contributed by atoms with Gasteiger partial charge in [-0.3, -0.25) is 14.0 Å². The van der Waals surface area contributed by atoms with E-state index in [-0.39, 0.29) is 18.1 Å². The van der Waals surface area contributed by atoms with E-state index in [9.17, 15) is 9.59 Å². The fraction of sp³-hybridized carbons (Fsp3) is 0.160. The molecule has 2 aromatic carbocycles. The minimum absolute atomic E-state index is 0.114. The number of carbonyl (C=O) groups is 1. The Hall–Kier alpha value is -3.78. The van der Waals surface area contributed by atoms with E-state index in [1.165, 1.54) is 11.8 Å². The first-order valence-corrected chi connectivity index (χ1v) is 11.3. The van der Waals surface area contributed by atoms with Crippen LogP contribution in [0.25, 0.3) is 5.65 Å². The summed E-state index contributed by atoms with van der Waals surface area (Å²) >= 11 is 1.50. The summed E-state index contributed by atoms with van der Waals surface area (Å²) in [7, 11) is 1.59. The first-order chi connectivity index (χ1) is 16.0. The van der Waals surface area contributed by atoms with Gasteiger partial charge in [0, 0.05) is 22.9 Å². The Morgan fingerprint density at radius 3 is 2.61 bits per heavy atom. The Labute approximate surface area is 195 Å².